The molecule has 2 amide bonds. The van der Waals surface area contributed by atoms with Gasteiger partial charge in [-0.15, -0.1) is 0 Å². The van der Waals surface area contributed by atoms with E-state index in [1.165, 1.54) is 7.11 Å². The molecule has 1 aromatic carbocycles. The Hall–Kier alpha value is -2.77. The van der Waals surface area contributed by atoms with Gasteiger partial charge in [0.2, 0.25) is 11.8 Å². The molecule has 2 N–H and O–H groups in total. The summed E-state index contributed by atoms with van der Waals surface area (Å²) >= 11 is 0. The van der Waals surface area contributed by atoms with Crippen LogP contribution >= 0.6 is 0 Å². The average Bonchev–Trinajstić information content (AvgIpc) is 3.06. The van der Waals surface area contributed by atoms with Crippen LogP contribution in [0.3, 0.4) is 0 Å². The van der Waals surface area contributed by atoms with Crippen molar-refractivity contribution in [3.8, 4) is 0 Å². The maximum absolute atomic E-state index is 12.7. The Labute approximate surface area is 159 Å². The van der Waals surface area contributed by atoms with Gasteiger partial charge < -0.3 is 24.9 Å². The molecule has 0 saturated carbocycles. The first kappa shape index (κ1) is 20.5. The van der Waals surface area contributed by atoms with Crippen LogP contribution in [0.15, 0.2) is 35.5 Å². The van der Waals surface area contributed by atoms with Crippen LogP contribution in [-0.2, 0) is 25.5 Å². The number of benzene rings is 1. The van der Waals surface area contributed by atoms with Gasteiger partial charge in [0.25, 0.3) is 0 Å². The third-order valence-corrected chi connectivity index (χ3v) is 3.74. The second-order valence-corrected chi connectivity index (χ2v) is 7.25. The number of carbonyl (C=O) groups is 2. The minimum atomic E-state index is -0.772. The molecule has 0 radical (unpaired) electrons. The van der Waals surface area contributed by atoms with Crippen LogP contribution in [0.2, 0.25) is 0 Å². The van der Waals surface area contributed by atoms with Crippen LogP contribution in [0.5, 0.6) is 0 Å². The minimum absolute atomic E-state index is 0.260. The van der Waals surface area contributed by atoms with E-state index < -0.39 is 17.7 Å². The molecule has 0 bridgehead atoms. The van der Waals surface area contributed by atoms with Gasteiger partial charge in [0.1, 0.15) is 11.6 Å². The highest BCUT2D eigenvalue weighted by Gasteiger charge is 2.27. The molecule has 0 aromatic heterocycles. The number of methoxy groups -OCH3 is 1. The van der Waals surface area contributed by atoms with E-state index in [0.29, 0.717) is 18.7 Å². The number of ether oxygens (including phenoxy) is 2. The lowest BCUT2D eigenvalue weighted by Gasteiger charge is -2.23. The van der Waals surface area contributed by atoms with Crippen molar-refractivity contribution in [3.05, 3.63) is 35.9 Å². The fraction of sp³-hybridized carbons (Fsp3) is 0.526. The summed E-state index contributed by atoms with van der Waals surface area (Å²) in [5.41, 5.74) is 0.277. The SMILES string of the molecule is COC1=NOC(CNC(=O)[C@H](Cc2ccccc2)NC(=O)OC(C)(C)C)C1. The average molecular weight is 377 g/mol. The Kier molecular flexibility index (Phi) is 7.04. The fourth-order valence-electron chi connectivity index (χ4n) is 2.48. The molecule has 2 atom stereocenters. The largest absolute Gasteiger partial charge is 0.482 e. The first-order chi connectivity index (χ1) is 12.8. The lowest BCUT2D eigenvalue weighted by Crippen LogP contribution is -2.50. The zero-order chi connectivity index (χ0) is 19.9. The van der Waals surface area contributed by atoms with Crippen molar-refractivity contribution < 1.29 is 23.9 Å². The van der Waals surface area contributed by atoms with Gasteiger partial charge in [-0.2, -0.15) is 0 Å². The minimum Gasteiger partial charge on any atom is -0.482 e. The number of nitrogens with one attached hydrogen (secondary N) is 2. The zero-order valence-corrected chi connectivity index (χ0v) is 16.2. The number of amides is 2. The van der Waals surface area contributed by atoms with Gasteiger partial charge in [-0.3, -0.25) is 4.79 Å². The summed E-state index contributed by atoms with van der Waals surface area (Å²) in [5.74, 6) is 0.168. The van der Waals surface area contributed by atoms with E-state index in [9.17, 15) is 9.59 Å². The molecule has 0 saturated heterocycles. The van der Waals surface area contributed by atoms with Crippen molar-refractivity contribution in [1.82, 2.24) is 10.6 Å². The van der Waals surface area contributed by atoms with Crippen molar-refractivity contribution in [1.29, 1.82) is 0 Å². The van der Waals surface area contributed by atoms with E-state index in [0.717, 1.165) is 5.56 Å². The molecule has 27 heavy (non-hydrogen) atoms. The first-order valence-corrected chi connectivity index (χ1v) is 8.84. The topological polar surface area (TPSA) is 98.3 Å². The zero-order valence-electron chi connectivity index (χ0n) is 16.2. The quantitative estimate of drug-likeness (QED) is 0.790. The normalized spacial score (nSPS) is 17.3. The van der Waals surface area contributed by atoms with E-state index in [4.69, 9.17) is 14.3 Å². The van der Waals surface area contributed by atoms with E-state index in [-0.39, 0.29) is 18.6 Å². The Morgan fingerprint density at radius 2 is 2.00 bits per heavy atom. The summed E-state index contributed by atoms with van der Waals surface area (Å²) in [4.78, 5) is 30.0. The van der Waals surface area contributed by atoms with Gasteiger partial charge in [0.15, 0.2) is 6.10 Å². The number of alkyl carbamates (subject to hydrolysis) is 1. The molecular formula is C19H27N3O5. The van der Waals surface area contributed by atoms with Crippen molar-refractivity contribution in [3.63, 3.8) is 0 Å². The monoisotopic (exact) mass is 377 g/mol. The van der Waals surface area contributed by atoms with Crippen LogP contribution in [0.1, 0.15) is 32.8 Å². The molecule has 1 unspecified atom stereocenters. The molecule has 1 heterocycles. The molecule has 0 aliphatic carbocycles. The second kappa shape index (κ2) is 9.25. The predicted octanol–water partition coefficient (Wildman–Crippen LogP) is 1.99. The summed E-state index contributed by atoms with van der Waals surface area (Å²) < 4.78 is 10.3. The molecule has 1 aliphatic rings. The van der Waals surface area contributed by atoms with E-state index >= 15 is 0 Å². The lowest BCUT2D eigenvalue weighted by atomic mass is 10.1. The standard InChI is InChI=1S/C19H27N3O5/c1-19(2,3)26-18(24)21-15(10-13-8-6-5-7-9-13)17(23)20-12-14-11-16(25-4)22-27-14/h5-9,14-15H,10-12H2,1-4H3,(H,20,23)(H,21,24)/t14?,15-/m0/s1. The Morgan fingerprint density at radius 1 is 1.30 bits per heavy atom. The lowest BCUT2D eigenvalue weighted by molar-refractivity contribution is -0.123. The highest BCUT2D eigenvalue weighted by molar-refractivity contribution is 5.86. The van der Waals surface area contributed by atoms with E-state index in [2.05, 4.69) is 15.8 Å². The molecular weight excluding hydrogens is 350 g/mol. The van der Waals surface area contributed by atoms with Gasteiger partial charge in [-0.25, -0.2) is 4.79 Å². The van der Waals surface area contributed by atoms with Crippen LogP contribution < -0.4 is 10.6 Å². The maximum Gasteiger partial charge on any atom is 0.408 e. The van der Waals surface area contributed by atoms with Crippen LogP contribution in [-0.4, -0.2) is 49.3 Å². The van der Waals surface area contributed by atoms with Gasteiger partial charge >= 0.3 is 6.09 Å². The van der Waals surface area contributed by atoms with Crippen LogP contribution in [0.25, 0.3) is 0 Å². The summed E-state index contributed by atoms with van der Waals surface area (Å²) in [6, 6.07) is 8.68. The molecule has 0 fully saturated rings. The number of rotatable bonds is 6. The maximum atomic E-state index is 12.7. The van der Waals surface area contributed by atoms with Crippen molar-refractivity contribution in [2.24, 2.45) is 5.16 Å². The van der Waals surface area contributed by atoms with E-state index in [1.807, 2.05) is 30.3 Å². The number of nitrogens with zero attached hydrogens (tertiary/aromatic N) is 1. The van der Waals surface area contributed by atoms with Crippen molar-refractivity contribution in [2.75, 3.05) is 13.7 Å². The number of carbonyl (C=O) groups excluding carboxylic acids is 2. The van der Waals surface area contributed by atoms with Crippen LogP contribution in [0, 0.1) is 0 Å². The van der Waals surface area contributed by atoms with Crippen molar-refractivity contribution in [2.45, 2.75) is 51.4 Å². The van der Waals surface area contributed by atoms with Crippen molar-refractivity contribution >= 4 is 17.9 Å². The third-order valence-electron chi connectivity index (χ3n) is 3.74. The third kappa shape index (κ3) is 7.16. The highest BCUT2D eigenvalue weighted by atomic mass is 16.7. The Balaban J connectivity index is 1.95. The van der Waals surface area contributed by atoms with Gasteiger partial charge in [0.05, 0.1) is 20.1 Å². The smallest absolute Gasteiger partial charge is 0.408 e. The van der Waals surface area contributed by atoms with Gasteiger partial charge in [-0.1, -0.05) is 35.5 Å². The molecule has 2 rings (SSSR count). The molecule has 8 nitrogen and oxygen atoms in total. The predicted molar refractivity (Wildman–Crippen MR) is 100 cm³/mol. The van der Waals surface area contributed by atoms with Gasteiger partial charge in [0, 0.05) is 6.42 Å². The molecule has 0 spiro atoms. The summed E-state index contributed by atoms with van der Waals surface area (Å²) in [7, 11) is 1.52. The Bertz CT molecular complexity index is 670. The Morgan fingerprint density at radius 3 is 2.59 bits per heavy atom. The second-order valence-electron chi connectivity index (χ2n) is 7.25. The highest BCUT2D eigenvalue weighted by Crippen LogP contribution is 2.11. The summed E-state index contributed by atoms with van der Waals surface area (Å²) in [6.07, 6.45) is -0.0971. The molecule has 1 aliphatic heterocycles. The number of oxime groups is 1. The molecule has 148 valence electrons. The van der Waals surface area contributed by atoms with E-state index in [1.54, 1.807) is 20.8 Å². The van der Waals surface area contributed by atoms with Crippen LogP contribution in [0.4, 0.5) is 4.79 Å². The fourth-order valence-corrected chi connectivity index (χ4v) is 2.48. The summed E-state index contributed by atoms with van der Waals surface area (Å²) in [5, 5.41) is 9.21. The first-order valence-electron chi connectivity index (χ1n) is 8.84. The summed E-state index contributed by atoms with van der Waals surface area (Å²) in [6.45, 7) is 5.56. The molecule has 1 aromatic rings. The number of hydrogen-bond acceptors (Lipinski definition) is 6. The van der Waals surface area contributed by atoms with Gasteiger partial charge in [-0.05, 0) is 26.3 Å². The molecule has 8 heteroatoms. The number of hydrogen-bond donors (Lipinski definition) is 2.